The lowest BCUT2D eigenvalue weighted by atomic mass is 9.94. The van der Waals surface area contributed by atoms with Gasteiger partial charge in [0.05, 0.1) is 7.11 Å². The molecule has 2 N–H and O–H groups in total. The van der Waals surface area contributed by atoms with Crippen molar-refractivity contribution in [3.05, 3.63) is 40.0 Å². The molecule has 126 valence electrons. The Bertz CT molecular complexity index is 659. The first-order valence-corrected chi connectivity index (χ1v) is 7.61. The van der Waals surface area contributed by atoms with Gasteiger partial charge in [-0.2, -0.15) is 0 Å². The summed E-state index contributed by atoms with van der Waals surface area (Å²) in [7, 11) is 1.43. The molecular formula is C19H26O4. The van der Waals surface area contributed by atoms with Crippen molar-refractivity contribution >= 4 is 5.78 Å². The summed E-state index contributed by atoms with van der Waals surface area (Å²) in [6.07, 6.45) is 4.63. The maximum atomic E-state index is 12.0. The summed E-state index contributed by atoms with van der Waals surface area (Å²) in [4.78, 5) is 12.0. The molecule has 23 heavy (non-hydrogen) atoms. The number of benzene rings is 1. The molecule has 0 saturated carbocycles. The highest BCUT2D eigenvalue weighted by Gasteiger charge is 2.25. The zero-order valence-corrected chi connectivity index (χ0v) is 14.8. The first-order valence-electron chi connectivity index (χ1n) is 7.61. The molecule has 0 aliphatic rings. The second kappa shape index (κ2) is 7.86. The number of ketones is 1. The van der Waals surface area contributed by atoms with Crippen molar-refractivity contribution in [2.75, 3.05) is 7.11 Å². The van der Waals surface area contributed by atoms with E-state index in [1.165, 1.54) is 14.0 Å². The SMILES string of the molecule is COc1c(CC=C(C)C)c(O)c(CC=C(C)C)c(O)c1C(C)=O. The molecular weight excluding hydrogens is 292 g/mol. The summed E-state index contributed by atoms with van der Waals surface area (Å²) in [5.41, 5.74) is 3.16. The Hall–Kier alpha value is -2.23. The maximum Gasteiger partial charge on any atom is 0.167 e. The molecule has 4 nitrogen and oxygen atoms in total. The summed E-state index contributed by atoms with van der Waals surface area (Å²) < 4.78 is 5.33. The Morgan fingerprint density at radius 1 is 0.913 bits per heavy atom. The topological polar surface area (TPSA) is 66.8 Å². The van der Waals surface area contributed by atoms with Crippen molar-refractivity contribution in [2.45, 2.75) is 47.5 Å². The van der Waals surface area contributed by atoms with Gasteiger partial charge in [-0.15, -0.1) is 0 Å². The minimum absolute atomic E-state index is 0.0145. The molecule has 1 aromatic carbocycles. The predicted octanol–water partition coefficient (Wildman–Crippen LogP) is 4.33. The lowest BCUT2D eigenvalue weighted by Crippen LogP contribution is -2.05. The van der Waals surface area contributed by atoms with Crippen LogP contribution in [0.4, 0.5) is 0 Å². The highest BCUT2D eigenvalue weighted by molar-refractivity contribution is 6.01. The molecule has 0 fully saturated rings. The fourth-order valence-electron chi connectivity index (χ4n) is 2.36. The molecule has 0 atom stereocenters. The summed E-state index contributed by atoms with van der Waals surface area (Å²) in [5.74, 6) is -0.271. The van der Waals surface area contributed by atoms with Gasteiger partial charge >= 0.3 is 0 Å². The zero-order chi connectivity index (χ0) is 17.7. The monoisotopic (exact) mass is 318 g/mol. The molecule has 4 heteroatoms. The first-order chi connectivity index (χ1) is 10.7. The molecule has 0 aliphatic heterocycles. The van der Waals surface area contributed by atoms with Crippen molar-refractivity contribution in [3.8, 4) is 17.2 Å². The standard InChI is InChI=1S/C19H26O4/c1-11(2)7-9-14-17(21)15(10-8-12(3)4)19(23-6)16(13(5)20)18(14)22/h7-8,21-22H,9-10H2,1-6H3. The van der Waals surface area contributed by atoms with Crippen LogP contribution < -0.4 is 4.74 Å². The number of phenols is 2. The van der Waals surface area contributed by atoms with Crippen LogP contribution in [0.15, 0.2) is 23.3 Å². The number of aromatic hydroxyl groups is 2. The molecule has 0 amide bonds. The van der Waals surface area contributed by atoms with Gasteiger partial charge in [0.2, 0.25) is 0 Å². The van der Waals surface area contributed by atoms with Crippen LogP contribution in [0.1, 0.15) is 56.1 Å². The number of ether oxygens (including phenoxy) is 1. The van der Waals surface area contributed by atoms with Crippen LogP contribution >= 0.6 is 0 Å². The van der Waals surface area contributed by atoms with Crippen LogP contribution in [-0.2, 0) is 12.8 Å². The number of hydrogen-bond acceptors (Lipinski definition) is 4. The molecule has 0 aromatic heterocycles. The molecule has 1 aromatic rings. The number of carbonyl (C=O) groups is 1. The highest BCUT2D eigenvalue weighted by atomic mass is 16.5. The number of hydrogen-bond donors (Lipinski definition) is 2. The Balaban J connectivity index is 3.68. The van der Waals surface area contributed by atoms with Crippen LogP contribution in [0.25, 0.3) is 0 Å². The fraction of sp³-hybridized carbons (Fsp3) is 0.421. The fourth-order valence-corrected chi connectivity index (χ4v) is 2.36. The van der Waals surface area contributed by atoms with E-state index in [0.29, 0.717) is 24.0 Å². The number of allylic oxidation sites excluding steroid dienone is 4. The maximum absolute atomic E-state index is 12.0. The Kier molecular flexibility index (Phi) is 6.43. The third-order valence-electron chi connectivity index (χ3n) is 3.58. The largest absolute Gasteiger partial charge is 0.507 e. The van der Waals surface area contributed by atoms with E-state index >= 15 is 0 Å². The number of phenolic OH excluding ortho intramolecular Hbond substituents is 2. The molecule has 0 aliphatic carbocycles. The van der Waals surface area contributed by atoms with Crippen molar-refractivity contribution in [1.29, 1.82) is 0 Å². The van der Waals surface area contributed by atoms with Gasteiger partial charge in [-0.3, -0.25) is 4.79 Å². The number of carbonyl (C=O) groups excluding carboxylic acids is 1. The van der Waals surface area contributed by atoms with Crippen LogP contribution in [0.5, 0.6) is 17.2 Å². The molecule has 1 rings (SSSR count). The minimum atomic E-state index is -0.295. The summed E-state index contributed by atoms with van der Waals surface area (Å²) in [6.45, 7) is 9.17. The van der Waals surface area contributed by atoms with E-state index in [4.69, 9.17) is 4.74 Å². The van der Waals surface area contributed by atoms with Gasteiger partial charge in [-0.25, -0.2) is 0 Å². The average molecular weight is 318 g/mol. The smallest absolute Gasteiger partial charge is 0.167 e. The summed E-state index contributed by atoms with van der Waals surface area (Å²) in [6, 6.07) is 0. The molecule has 0 radical (unpaired) electrons. The van der Waals surface area contributed by atoms with Gasteiger partial charge in [0.1, 0.15) is 22.8 Å². The lowest BCUT2D eigenvalue weighted by Gasteiger charge is -2.18. The van der Waals surface area contributed by atoms with Crippen LogP contribution in [0.3, 0.4) is 0 Å². The summed E-state index contributed by atoms with van der Waals surface area (Å²) in [5, 5.41) is 21.1. The van der Waals surface area contributed by atoms with E-state index in [9.17, 15) is 15.0 Å². The van der Waals surface area contributed by atoms with E-state index in [-0.39, 0.29) is 28.6 Å². The van der Waals surface area contributed by atoms with E-state index in [2.05, 4.69) is 0 Å². The number of methoxy groups -OCH3 is 1. The predicted molar refractivity (Wildman–Crippen MR) is 92.6 cm³/mol. The van der Waals surface area contributed by atoms with Crippen LogP contribution in [0, 0.1) is 0 Å². The van der Waals surface area contributed by atoms with E-state index in [1.807, 2.05) is 39.8 Å². The lowest BCUT2D eigenvalue weighted by molar-refractivity contribution is 0.101. The van der Waals surface area contributed by atoms with Crippen molar-refractivity contribution in [3.63, 3.8) is 0 Å². The Morgan fingerprint density at radius 2 is 1.39 bits per heavy atom. The van der Waals surface area contributed by atoms with Gasteiger partial charge in [-0.1, -0.05) is 23.3 Å². The zero-order valence-electron chi connectivity index (χ0n) is 14.8. The molecule has 0 saturated heterocycles. The minimum Gasteiger partial charge on any atom is -0.507 e. The van der Waals surface area contributed by atoms with Crippen molar-refractivity contribution < 1.29 is 19.7 Å². The van der Waals surface area contributed by atoms with E-state index in [1.54, 1.807) is 0 Å². The second-order valence-corrected chi connectivity index (χ2v) is 6.09. The molecule has 0 heterocycles. The molecule has 0 spiro atoms. The average Bonchev–Trinajstić information content (AvgIpc) is 2.44. The van der Waals surface area contributed by atoms with Gasteiger partial charge in [0.15, 0.2) is 5.78 Å². The van der Waals surface area contributed by atoms with Crippen molar-refractivity contribution in [2.24, 2.45) is 0 Å². The normalized spacial score (nSPS) is 10.2. The number of Topliss-reactive ketones (excluding diaryl/α,β-unsaturated/α-hetero) is 1. The van der Waals surface area contributed by atoms with E-state index < -0.39 is 0 Å². The quantitative estimate of drug-likeness (QED) is 0.605. The van der Waals surface area contributed by atoms with Gasteiger partial charge in [-0.05, 0) is 47.5 Å². The third-order valence-corrected chi connectivity index (χ3v) is 3.58. The third kappa shape index (κ3) is 4.38. The van der Waals surface area contributed by atoms with Gasteiger partial charge in [0.25, 0.3) is 0 Å². The second-order valence-electron chi connectivity index (χ2n) is 6.09. The Labute approximate surface area is 138 Å². The van der Waals surface area contributed by atoms with Crippen molar-refractivity contribution in [1.82, 2.24) is 0 Å². The summed E-state index contributed by atoms with van der Waals surface area (Å²) >= 11 is 0. The van der Waals surface area contributed by atoms with E-state index in [0.717, 1.165) is 11.1 Å². The first kappa shape index (κ1) is 18.8. The molecule has 0 bridgehead atoms. The van der Waals surface area contributed by atoms with Crippen LogP contribution in [0.2, 0.25) is 0 Å². The number of rotatable bonds is 6. The highest BCUT2D eigenvalue weighted by Crippen LogP contribution is 2.43. The molecule has 0 unspecified atom stereocenters. The van der Waals surface area contributed by atoms with Gasteiger partial charge < -0.3 is 14.9 Å². The van der Waals surface area contributed by atoms with Gasteiger partial charge in [0, 0.05) is 11.1 Å². The Morgan fingerprint density at radius 3 is 1.78 bits per heavy atom. The van der Waals surface area contributed by atoms with Crippen LogP contribution in [-0.4, -0.2) is 23.1 Å².